The lowest BCUT2D eigenvalue weighted by Crippen LogP contribution is -2.44. The number of rotatable bonds is 4. The maximum absolute atomic E-state index is 11.1. The molecule has 0 aromatic heterocycles. The zero-order chi connectivity index (χ0) is 10.4. The SMILES string of the molecule is CC(C)[C@@H](NC(=O)O)C(=O)C=[N+]=[N-]. The fourth-order valence-corrected chi connectivity index (χ4v) is 0.837. The first-order valence-corrected chi connectivity index (χ1v) is 3.69. The molecule has 0 unspecified atom stereocenters. The lowest BCUT2D eigenvalue weighted by atomic mass is 10.0. The summed E-state index contributed by atoms with van der Waals surface area (Å²) in [6.45, 7) is 3.37. The number of carbonyl (C=O) groups excluding carboxylic acids is 1. The van der Waals surface area contributed by atoms with Crippen LogP contribution in [0.5, 0.6) is 0 Å². The molecule has 0 heterocycles. The molecule has 0 bridgehead atoms. The van der Waals surface area contributed by atoms with Crippen molar-refractivity contribution in [3.63, 3.8) is 0 Å². The van der Waals surface area contributed by atoms with Crippen molar-refractivity contribution in [1.29, 1.82) is 0 Å². The number of nitrogens with zero attached hydrogens (tertiary/aromatic N) is 2. The first kappa shape index (κ1) is 11.3. The molecule has 0 saturated heterocycles. The Labute approximate surface area is 75.2 Å². The molecular weight excluding hydrogens is 174 g/mol. The normalized spacial score (nSPS) is 11.6. The summed E-state index contributed by atoms with van der Waals surface area (Å²) in [5, 5.41) is 10.4. The minimum atomic E-state index is -1.28. The second-order valence-corrected chi connectivity index (χ2v) is 2.82. The molecule has 0 aromatic carbocycles. The Morgan fingerprint density at radius 3 is 2.38 bits per heavy atom. The van der Waals surface area contributed by atoms with E-state index in [-0.39, 0.29) is 5.92 Å². The van der Waals surface area contributed by atoms with Crippen molar-refractivity contribution in [2.45, 2.75) is 19.9 Å². The maximum atomic E-state index is 11.1. The van der Waals surface area contributed by atoms with E-state index in [4.69, 9.17) is 10.6 Å². The third-order valence-corrected chi connectivity index (χ3v) is 1.44. The van der Waals surface area contributed by atoms with Gasteiger partial charge in [0.25, 0.3) is 5.78 Å². The van der Waals surface area contributed by atoms with E-state index >= 15 is 0 Å². The Morgan fingerprint density at radius 1 is 1.54 bits per heavy atom. The first-order chi connectivity index (χ1) is 5.99. The van der Waals surface area contributed by atoms with E-state index in [9.17, 15) is 9.59 Å². The van der Waals surface area contributed by atoms with Crippen LogP contribution in [-0.2, 0) is 4.79 Å². The Balaban J connectivity index is 4.50. The lowest BCUT2D eigenvalue weighted by molar-refractivity contribution is -0.118. The zero-order valence-electron chi connectivity index (χ0n) is 7.39. The standard InChI is InChI=1S/C7H11N3O3/c1-4(2)6(10-7(12)13)5(11)3-9-8/h3-4,6,10H,1-2H3,(H,12,13)/t6-/m1/s1. The molecule has 13 heavy (non-hydrogen) atoms. The summed E-state index contributed by atoms with van der Waals surface area (Å²) in [6, 6.07) is -0.867. The zero-order valence-corrected chi connectivity index (χ0v) is 7.39. The molecule has 6 nitrogen and oxygen atoms in total. The average Bonchev–Trinajstić information content (AvgIpc) is 1.99. The highest BCUT2D eigenvalue weighted by atomic mass is 16.4. The van der Waals surface area contributed by atoms with Crippen LogP contribution in [0.4, 0.5) is 4.79 Å². The van der Waals surface area contributed by atoms with E-state index in [1.54, 1.807) is 13.8 Å². The van der Waals surface area contributed by atoms with Crippen LogP contribution < -0.4 is 5.32 Å². The maximum Gasteiger partial charge on any atom is 0.405 e. The third kappa shape index (κ3) is 4.03. The van der Waals surface area contributed by atoms with Gasteiger partial charge in [0.1, 0.15) is 6.04 Å². The number of carboxylic acid groups (broad SMARTS) is 1. The molecule has 0 aromatic rings. The van der Waals surface area contributed by atoms with Gasteiger partial charge >= 0.3 is 12.3 Å². The van der Waals surface area contributed by atoms with Gasteiger partial charge in [0.05, 0.1) is 0 Å². The molecular formula is C7H11N3O3. The molecule has 2 N–H and O–H groups in total. The van der Waals surface area contributed by atoms with Crippen LogP contribution in [0, 0.1) is 5.92 Å². The number of hydrogen-bond donors (Lipinski definition) is 2. The van der Waals surface area contributed by atoms with E-state index in [0.29, 0.717) is 6.21 Å². The smallest absolute Gasteiger partial charge is 0.405 e. The molecule has 6 heteroatoms. The van der Waals surface area contributed by atoms with E-state index in [0.717, 1.165) is 0 Å². The summed E-state index contributed by atoms with van der Waals surface area (Å²) in [5.41, 5.74) is 8.07. The number of amides is 1. The van der Waals surface area contributed by atoms with Crippen molar-refractivity contribution in [2.24, 2.45) is 5.92 Å². The highest BCUT2D eigenvalue weighted by Crippen LogP contribution is 2.01. The number of Topliss-reactive ketones (excluding diaryl/α,β-unsaturated/α-hetero) is 1. The van der Waals surface area contributed by atoms with Crippen LogP contribution >= 0.6 is 0 Å². The van der Waals surface area contributed by atoms with Crippen LogP contribution in [0.2, 0.25) is 0 Å². The van der Waals surface area contributed by atoms with E-state index in [1.807, 2.05) is 5.32 Å². The summed E-state index contributed by atoms with van der Waals surface area (Å²) < 4.78 is 0. The summed E-state index contributed by atoms with van der Waals surface area (Å²) in [7, 11) is 0. The molecule has 1 amide bonds. The fourth-order valence-electron chi connectivity index (χ4n) is 0.837. The Morgan fingerprint density at radius 2 is 2.08 bits per heavy atom. The topological polar surface area (TPSA) is 103 Å². The van der Waals surface area contributed by atoms with Crippen LogP contribution in [0.15, 0.2) is 0 Å². The summed E-state index contributed by atoms with van der Waals surface area (Å²) in [5.74, 6) is -0.763. The van der Waals surface area contributed by atoms with Crippen LogP contribution in [0.1, 0.15) is 13.8 Å². The number of carbonyl (C=O) groups is 2. The quantitative estimate of drug-likeness (QED) is 0.370. The van der Waals surface area contributed by atoms with Gasteiger partial charge in [-0.3, -0.25) is 4.79 Å². The van der Waals surface area contributed by atoms with Crippen molar-refractivity contribution in [3.05, 3.63) is 5.53 Å². The summed E-state index contributed by atoms with van der Waals surface area (Å²) in [6.07, 6.45) is -0.598. The van der Waals surface area contributed by atoms with Gasteiger partial charge in [0, 0.05) is 0 Å². The highest BCUT2D eigenvalue weighted by molar-refractivity contribution is 6.28. The fraction of sp³-hybridized carbons (Fsp3) is 0.571. The van der Waals surface area contributed by atoms with Gasteiger partial charge in [-0.1, -0.05) is 13.8 Å². The van der Waals surface area contributed by atoms with Gasteiger partial charge in [-0.2, -0.15) is 4.79 Å². The van der Waals surface area contributed by atoms with Crippen molar-refractivity contribution in [1.82, 2.24) is 5.32 Å². The van der Waals surface area contributed by atoms with Gasteiger partial charge in [-0.05, 0) is 5.92 Å². The molecule has 0 aliphatic carbocycles. The van der Waals surface area contributed by atoms with Crippen LogP contribution in [-0.4, -0.2) is 34.0 Å². The van der Waals surface area contributed by atoms with Gasteiger partial charge in [0.15, 0.2) is 0 Å². The second-order valence-electron chi connectivity index (χ2n) is 2.82. The van der Waals surface area contributed by atoms with Crippen molar-refractivity contribution >= 4 is 18.1 Å². The van der Waals surface area contributed by atoms with E-state index < -0.39 is 17.9 Å². The molecule has 1 atom stereocenters. The largest absolute Gasteiger partial charge is 0.465 e. The van der Waals surface area contributed by atoms with E-state index in [1.165, 1.54) is 0 Å². The molecule has 72 valence electrons. The molecule has 0 aliphatic heterocycles. The molecule has 0 radical (unpaired) electrons. The predicted molar refractivity (Wildman–Crippen MR) is 44.5 cm³/mol. The molecule has 0 rings (SSSR count). The van der Waals surface area contributed by atoms with Gasteiger partial charge in [0.2, 0.25) is 0 Å². The van der Waals surface area contributed by atoms with Crippen LogP contribution in [0.3, 0.4) is 0 Å². The van der Waals surface area contributed by atoms with Crippen molar-refractivity contribution < 1.29 is 19.5 Å². The number of nitrogens with one attached hydrogen (secondary N) is 1. The number of hydrogen-bond acceptors (Lipinski definition) is 2. The van der Waals surface area contributed by atoms with Gasteiger partial charge < -0.3 is 16.0 Å². The molecule has 0 fully saturated rings. The molecule has 0 spiro atoms. The lowest BCUT2D eigenvalue weighted by Gasteiger charge is -2.15. The van der Waals surface area contributed by atoms with Crippen molar-refractivity contribution in [2.75, 3.05) is 0 Å². The van der Waals surface area contributed by atoms with Crippen molar-refractivity contribution in [3.8, 4) is 0 Å². The molecule has 0 saturated carbocycles. The van der Waals surface area contributed by atoms with E-state index in [2.05, 4.69) is 4.79 Å². The monoisotopic (exact) mass is 185 g/mol. The Bertz CT molecular complexity index is 256. The highest BCUT2D eigenvalue weighted by Gasteiger charge is 2.24. The van der Waals surface area contributed by atoms with Gasteiger partial charge in [-0.25, -0.2) is 4.79 Å². The minimum absolute atomic E-state index is 0.193. The summed E-state index contributed by atoms with van der Waals surface area (Å²) >= 11 is 0. The average molecular weight is 185 g/mol. The third-order valence-electron chi connectivity index (χ3n) is 1.44. The Kier molecular flexibility index (Phi) is 4.40. The minimum Gasteiger partial charge on any atom is -0.465 e. The first-order valence-electron chi connectivity index (χ1n) is 3.69. The van der Waals surface area contributed by atoms with Crippen LogP contribution in [0.25, 0.3) is 5.53 Å². The second kappa shape index (κ2) is 5.05. The predicted octanol–water partition coefficient (Wildman–Crippen LogP) is 0.148. The number of ketones is 1. The molecule has 0 aliphatic rings. The summed E-state index contributed by atoms with van der Waals surface area (Å²) in [4.78, 5) is 23.9. The Hall–Kier alpha value is -1.68. The van der Waals surface area contributed by atoms with Gasteiger partial charge in [-0.15, -0.1) is 0 Å².